The summed E-state index contributed by atoms with van der Waals surface area (Å²) in [6.45, 7) is 0.268. The van der Waals surface area contributed by atoms with E-state index in [1.807, 2.05) is 24.3 Å². The van der Waals surface area contributed by atoms with Gasteiger partial charge in [0.2, 0.25) is 0 Å². The summed E-state index contributed by atoms with van der Waals surface area (Å²) in [5.74, 6) is 6.42. The molecule has 0 amide bonds. The molecule has 0 aromatic heterocycles. The molecule has 2 aromatic rings. The molecule has 0 radical (unpaired) electrons. The van der Waals surface area contributed by atoms with Crippen molar-refractivity contribution in [1.82, 2.24) is 0 Å². The lowest BCUT2D eigenvalue weighted by atomic mass is 10.2. The molecule has 174 valence electrons. The fraction of sp³-hybridized carbons (Fsp3) is 0.217. The molecule has 0 bridgehead atoms. The van der Waals surface area contributed by atoms with E-state index in [0.717, 1.165) is 5.71 Å². The van der Waals surface area contributed by atoms with Gasteiger partial charge < -0.3 is 19.3 Å². The standard InChI is InChI=1S/C23H23Cl2N3O5/c24-16-7-9-22(20(13-16)28(26)27-17-5-2-1-3-6-17)32-12-4-11-31-21-10-8-18(14-19(21)25)33-15-23(29)30/h1-3,5,7-10,13-14H,4,6,11-12,15,26H2,(H,29,30)/b27-17-. The third-order valence-corrected chi connectivity index (χ3v) is 4.87. The normalized spacial score (nSPS) is 13.7. The number of carbonyl (C=O) groups is 1. The third-order valence-electron chi connectivity index (χ3n) is 4.34. The Morgan fingerprint density at radius 3 is 2.52 bits per heavy atom. The minimum absolute atomic E-state index is 0.322. The van der Waals surface area contributed by atoms with Crippen molar-refractivity contribution in [2.45, 2.75) is 12.8 Å². The number of hydrazine groups is 1. The summed E-state index contributed by atoms with van der Waals surface area (Å²) >= 11 is 12.3. The molecule has 3 rings (SSSR count). The van der Waals surface area contributed by atoms with Crippen LogP contribution in [-0.4, -0.2) is 36.6 Å². The van der Waals surface area contributed by atoms with Crippen LogP contribution in [0.1, 0.15) is 12.8 Å². The van der Waals surface area contributed by atoms with E-state index in [1.165, 1.54) is 11.2 Å². The number of nitrogens with zero attached hydrogens (tertiary/aromatic N) is 2. The predicted molar refractivity (Wildman–Crippen MR) is 129 cm³/mol. The molecular weight excluding hydrogens is 469 g/mol. The van der Waals surface area contributed by atoms with Gasteiger partial charge in [0.15, 0.2) is 6.61 Å². The van der Waals surface area contributed by atoms with Crippen molar-refractivity contribution in [2.75, 3.05) is 24.9 Å². The summed E-state index contributed by atoms with van der Waals surface area (Å²) in [5, 5.41) is 15.2. The predicted octanol–water partition coefficient (Wildman–Crippen LogP) is 4.86. The molecule has 0 unspecified atom stereocenters. The van der Waals surface area contributed by atoms with E-state index in [1.54, 1.807) is 30.3 Å². The number of anilines is 1. The molecule has 3 N–H and O–H groups in total. The van der Waals surface area contributed by atoms with Gasteiger partial charge in [0.25, 0.3) is 0 Å². The zero-order valence-corrected chi connectivity index (χ0v) is 19.1. The molecule has 0 heterocycles. The lowest BCUT2D eigenvalue weighted by Crippen LogP contribution is -2.27. The second-order valence-electron chi connectivity index (χ2n) is 6.86. The third kappa shape index (κ3) is 7.71. The summed E-state index contributed by atoms with van der Waals surface area (Å²) in [6, 6.07) is 9.86. The first-order valence-corrected chi connectivity index (χ1v) is 10.8. The van der Waals surface area contributed by atoms with Crippen molar-refractivity contribution in [3.05, 3.63) is 70.7 Å². The maximum absolute atomic E-state index is 10.6. The summed E-state index contributed by atoms with van der Waals surface area (Å²) in [5.41, 5.74) is 1.36. The Bertz CT molecular complexity index is 1070. The zero-order chi connectivity index (χ0) is 23.6. The molecule has 0 spiro atoms. The monoisotopic (exact) mass is 491 g/mol. The molecule has 1 aliphatic rings. The molecule has 10 heteroatoms. The van der Waals surface area contributed by atoms with Crippen LogP contribution in [-0.2, 0) is 4.79 Å². The van der Waals surface area contributed by atoms with Gasteiger partial charge in [-0.15, -0.1) is 0 Å². The fourth-order valence-electron chi connectivity index (χ4n) is 2.82. The highest BCUT2D eigenvalue weighted by Gasteiger charge is 2.12. The van der Waals surface area contributed by atoms with Gasteiger partial charge in [-0.3, -0.25) is 0 Å². The van der Waals surface area contributed by atoms with Crippen LogP contribution in [0.3, 0.4) is 0 Å². The lowest BCUT2D eigenvalue weighted by Gasteiger charge is -2.19. The Kier molecular flexibility index (Phi) is 9.00. The van der Waals surface area contributed by atoms with E-state index in [4.69, 9.17) is 48.4 Å². The zero-order valence-electron chi connectivity index (χ0n) is 17.6. The highest BCUT2D eigenvalue weighted by molar-refractivity contribution is 6.32. The SMILES string of the molecule is NN(/N=C1/C=CC=CC1)c1cc(Cl)ccc1OCCCOc1ccc(OCC(=O)O)cc1Cl. The first-order chi connectivity index (χ1) is 15.9. The van der Waals surface area contributed by atoms with Crippen LogP contribution in [0.2, 0.25) is 10.0 Å². The molecule has 1 aliphatic carbocycles. The molecule has 0 fully saturated rings. The van der Waals surface area contributed by atoms with E-state index in [2.05, 4.69) is 5.10 Å². The number of hydrogen-bond acceptors (Lipinski definition) is 7. The highest BCUT2D eigenvalue weighted by atomic mass is 35.5. The lowest BCUT2D eigenvalue weighted by molar-refractivity contribution is -0.139. The average molecular weight is 492 g/mol. The van der Waals surface area contributed by atoms with E-state index in [9.17, 15) is 4.79 Å². The number of aliphatic carboxylic acids is 1. The Balaban J connectivity index is 1.51. The minimum Gasteiger partial charge on any atom is -0.492 e. The van der Waals surface area contributed by atoms with Crippen LogP contribution in [0, 0.1) is 0 Å². The molecule has 8 nitrogen and oxygen atoms in total. The van der Waals surface area contributed by atoms with Crippen LogP contribution >= 0.6 is 23.2 Å². The van der Waals surface area contributed by atoms with Crippen molar-refractivity contribution in [2.24, 2.45) is 10.9 Å². The topological polar surface area (TPSA) is 107 Å². The molecule has 2 aromatic carbocycles. The van der Waals surface area contributed by atoms with Crippen molar-refractivity contribution in [3.63, 3.8) is 0 Å². The maximum Gasteiger partial charge on any atom is 0.341 e. The van der Waals surface area contributed by atoms with Crippen LogP contribution in [0.25, 0.3) is 0 Å². The minimum atomic E-state index is -1.07. The van der Waals surface area contributed by atoms with Gasteiger partial charge in [0, 0.05) is 23.9 Å². The van der Waals surface area contributed by atoms with E-state index < -0.39 is 12.6 Å². The van der Waals surface area contributed by atoms with E-state index in [0.29, 0.717) is 59.0 Å². The van der Waals surface area contributed by atoms with Gasteiger partial charge in [0.1, 0.15) is 22.9 Å². The van der Waals surface area contributed by atoms with Gasteiger partial charge in [-0.1, -0.05) is 41.4 Å². The smallest absolute Gasteiger partial charge is 0.341 e. The Hall–Kier alpha value is -3.20. The number of carboxylic acids is 1. The van der Waals surface area contributed by atoms with E-state index >= 15 is 0 Å². The van der Waals surface area contributed by atoms with Crippen LogP contribution in [0.4, 0.5) is 5.69 Å². The number of nitrogens with two attached hydrogens (primary N) is 1. The van der Waals surface area contributed by atoms with Gasteiger partial charge in [-0.05, 0) is 36.4 Å². The number of carboxylic acid groups (broad SMARTS) is 1. The van der Waals surface area contributed by atoms with Gasteiger partial charge in [-0.2, -0.15) is 10.2 Å². The van der Waals surface area contributed by atoms with Crippen molar-refractivity contribution < 1.29 is 24.1 Å². The molecule has 33 heavy (non-hydrogen) atoms. The maximum atomic E-state index is 10.6. The summed E-state index contributed by atoms with van der Waals surface area (Å²) in [7, 11) is 0. The quantitative estimate of drug-likeness (QED) is 0.262. The number of allylic oxidation sites excluding steroid dienone is 4. The van der Waals surface area contributed by atoms with E-state index in [-0.39, 0.29) is 0 Å². The molecule has 0 saturated heterocycles. The first kappa shape index (κ1) is 24.4. The van der Waals surface area contributed by atoms with Gasteiger partial charge in [-0.25, -0.2) is 10.6 Å². The second kappa shape index (κ2) is 12.2. The molecule has 0 atom stereocenters. The van der Waals surface area contributed by atoms with Crippen molar-refractivity contribution >= 4 is 40.6 Å². The summed E-state index contributed by atoms with van der Waals surface area (Å²) < 4.78 is 16.6. The number of rotatable bonds is 11. The fourth-order valence-corrected chi connectivity index (χ4v) is 3.21. The number of benzene rings is 2. The summed E-state index contributed by atoms with van der Waals surface area (Å²) in [6.07, 6.45) is 8.98. The Morgan fingerprint density at radius 2 is 1.82 bits per heavy atom. The molecule has 0 saturated carbocycles. The summed E-state index contributed by atoms with van der Waals surface area (Å²) in [4.78, 5) is 10.6. The highest BCUT2D eigenvalue weighted by Crippen LogP contribution is 2.31. The Labute approximate surface area is 201 Å². The van der Waals surface area contributed by atoms with Crippen molar-refractivity contribution in [3.8, 4) is 17.2 Å². The first-order valence-electron chi connectivity index (χ1n) is 10.1. The van der Waals surface area contributed by atoms with Crippen molar-refractivity contribution in [1.29, 1.82) is 0 Å². The van der Waals surface area contributed by atoms with Gasteiger partial charge in [0.05, 0.1) is 23.9 Å². The largest absolute Gasteiger partial charge is 0.492 e. The number of hydrazone groups is 1. The number of hydrogen-bond donors (Lipinski definition) is 2. The molecule has 0 aliphatic heterocycles. The average Bonchev–Trinajstić information content (AvgIpc) is 2.80. The van der Waals surface area contributed by atoms with Crippen LogP contribution in [0.15, 0.2) is 65.8 Å². The Morgan fingerprint density at radius 1 is 1.06 bits per heavy atom. The van der Waals surface area contributed by atoms with Gasteiger partial charge >= 0.3 is 5.97 Å². The van der Waals surface area contributed by atoms with Crippen LogP contribution in [0.5, 0.6) is 17.2 Å². The number of halogens is 2. The van der Waals surface area contributed by atoms with Crippen LogP contribution < -0.4 is 25.2 Å². The number of ether oxygens (including phenoxy) is 3. The second-order valence-corrected chi connectivity index (χ2v) is 7.71. The molecular formula is C23H23Cl2N3O5.